The molecule has 0 saturated heterocycles. The van der Waals surface area contributed by atoms with Gasteiger partial charge in [-0.3, -0.25) is 0 Å². The van der Waals surface area contributed by atoms with Crippen LogP contribution in [0, 0.1) is 11.3 Å². The summed E-state index contributed by atoms with van der Waals surface area (Å²) < 4.78 is 0.683. The van der Waals surface area contributed by atoms with E-state index in [0.29, 0.717) is 15.5 Å². The van der Waals surface area contributed by atoms with E-state index in [4.69, 9.17) is 5.26 Å². The Hall–Kier alpha value is -1.85. The highest BCUT2D eigenvalue weighted by Crippen LogP contribution is 2.26. The van der Waals surface area contributed by atoms with Crippen LogP contribution >= 0.6 is 27.3 Å². The zero-order valence-corrected chi connectivity index (χ0v) is 13.8. The van der Waals surface area contributed by atoms with E-state index >= 15 is 0 Å². The highest BCUT2D eigenvalue weighted by atomic mass is 79.9. The largest absolute Gasteiger partial charge is 0.371 e. The van der Waals surface area contributed by atoms with Gasteiger partial charge in [-0.1, -0.05) is 11.3 Å². The van der Waals surface area contributed by atoms with Crippen LogP contribution in [0.3, 0.4) is 0 Å². The van der Waals surface area contributed by atoms with Gasteiger partial charge in [-0.25, -0.2) is 0 Å². The van der Waals surface area contributed by atoms with E-state index in [2.05, 4.69) is 54.2 Å². The van der Waals surface area contributed by atoms with Crippen molar-refractivity contribution >= 4 is 43.8 Å². The maximum atomic E-state index is 8.66. The third-order valence-electron chi connectivity index (χ3n) is 2.73. The van der Waals surface area contributed by atoms with E-state index in [0.717, 1.165) is 24.5 Å². The molecule has 0 N–H and O–H groups in total. The maximum absolute atomic E-state index is 8.66. The Balaban J connectivity index is 2.04. The molecule has 0 aliphatic carbocycles. The average Bonchev–Trinajstić information content (AvgIpc) is 2.93. The molecule has 0 bridgehead atoms. The molecule has 0 aliphatic heterocycles. The molecule has 2 rings (SSSR count). The van der Waals surface area contributed by atoms with Crippen molar-refractivity contribution in [2.45, 2.75) is 13.3 Å². The van der Waals surface area contributed by atoms with Gasteiger partial charge in [0.25, 0.3) is 5.13 Å². The van der Waals surface area contributed by atoms with Crippen molar-refractivity contribution in [3.63, 3.8) is 0 Å². The van der Waals surface area contributed by atoms with Crippen molar-refractivity contribution < 1.29 is 0 Å². The normalized spacial score (nSPS) is 10.7. The Morgan fingerprint density at radius 3 is 2.62 bits per heavy atom. The Labute approximate surface area is 135 Å². The highest BCUT2D eigenvalue weighted by molar-refractivity contribution is 9.11. The number of nitriles is 1. The summed E-state index contributed by atoms with van der Waals surface area (Å²) in [6, 6.07) is 9.90. The smallest absolute Gasteiger partial charge is 0.252 e. The van der Waals surface area contributed by atoms with Crippen LogP contribution in [-0.4, -0.2) is 23.3 Å². The predicted molar refractivity (Wildman–Crippen MR) is 86.3 cm³/mol. The molecular weight excluding hydrogens is 352 g/mol. The topological polar surface area (TPSA) is 77.5 Å². The Bertz CT molecular complexity index is 645. The lowest BCUT2D eigenvalue weighted by molar-refractivity contribution is 0.827. The van der Waals surface area contributed by atoms with E-state index in [-0.39, 0.29) is 0 Å². The number of benzene rings is 1. The minimum absolute atomic E-state index is 0.509. The molecule has 1 aromatic carbocycles. The lowest BCUT2D eigenvalue weighted by Crippen LogP contribution is -2.23. The molecule has 1 heterocycles. The van der Waals surface area contributed by atoms with Gasteiger partial charge in [0.1, 0.15) is 0 Å². The molecule has 0 atom stereocenters. The van der Waals surface area contributed by atoms with Crippen molar-refractivity contribution in [2.75, 3.05) is 18.0 Å². The molecule has 0 aliphatic rings. The number of aromatic nitrogens is 2. The van der Waals surface area contributed by atoms with Crippen molar-refractivity contribution in [1.82, 2.24) is 10.2 Å². The molecule has 1 aromatic heterocycles. The van der Waals surface area contributed by atoms with Gasteiger partial charge in [0.05, 0.1) is 18.2 Å². The first-order valence-corrected chi connectivity index (χ1v) is 7.96. The van der Waals surface area contributed by atoms with E-state index in [1.807, 2.05) is 24.3 Å². The maximum Gasteiger partial charge on any atom is 0.252 e. The van der Waals surface area contributed by atoms with Gasteiger partial charge < -0.3 is 4.90 Å². The fraction of sp³-hybridized carbons (Fsp3) is 0.308. The van der Waals surface area contributed by atoms with Crippen LogP contribution in [0.25, 0.3) is 0 Å². The van der Waals surface area contributed by atoms with Gasteiger partial charge in [0.15, 0.2) is 3.92 Å². The number of anilines is 1. The third kappa shape index (κ3) is 4.58. The molecule has 8 heteroatoms. The summed E-state index contributed by atoms with van der Waals surface area (Å²) in [4.78, 5) is 2.14. The van der Waals surface area contributed by atoms with Gasteiger partial charge in [-0.15, -0.1) is 20.4 Å². The van der Waals surface area contributed by atoms with Crippen molar-refractivity contribution in [3.8, 4) is 6.07 Å². The van der Waals surface area contributed by atoms with Crippen molar-refractivity contribution in [2.24, 2.45) is 10.2 Å². The Kier molecular flexibility index (Phi) is 5.78. The second kappa shape index (κ2) is 7.81. The monoisotopic (exact) mass is 364 g/mol. The van der Waals surface area contributed by atoms with Crippen molar-refractivity contribution in [1.29, 1.82) is 5.26 Å². The third-order valence-corrected chi connectivity index (χ3v) is 3.97. The summed E-state index contributed by atoms with van der Waals surface area (Å²) in [7, 11) is 0. The molecule has 21 heavy (non-hydrogen) atoms. The van der Waals surface area contributed by atoms with Gasteiger partial charge in [0.2, 0.25) is 0 Å². The summed E-state index contributed by atoms with van der Waals surface area (Å²) in [5, 5.41) is 25.0. The zero-order chi connectivity index (χ0) is 15.1. The van der Waals surface area contributed by atoms with E-state index in [1.54, 1.807) is 0 Å². The van der Waals surface area contributed by atoms with Gasteiger partial charge in [-0.2, -0.15) is 5.26 Å². The Morgan fingerprint density at radius 2 is 2.05 bits per heavy atom. The van der Waals surface area contributed by atoms with Crippen molar-refractivity contribution in [3.05, 3.63) is 28.2 Å². The van der Waals surface area contributed by atoms with E-state index < -0.39 is 0 Å². The number of azo groups is 1. The molecule has 0 fully saturated rings. The number of halogens is 1. The SMILES string of the molecule is CCN(CCC#N)c1ccc(N=Nc2nnc(Br)s2)cc1. The number of nitrogens with zero attached hydrogens (tertiary/aromatic N) is 6. The fourth-order valence-corrected chi connectivity index (χ4v) is 2.63. The fourth-order valence-electron chi connectivity index (χ4n) is 1.72. The summed E-state index contributed by atoms with van der Waals surface area (Å²) >= 11 is 4.55. The average molecular weight is 365 g/mol. The first-order chi connectivity index (χ1) is 10.2. The highest BCUT2D eigenvalue weighted by Gasteiger charge is 2.04. The lowest BCUT2D eigenvalue weighted by atomic mass is 10.2. The molecule has 2 aromatic rings. The molecule has 108 valence electrons. The second-order valence-corrected chi connectivity index (χ2v) is 6.27. The summed E-state index contributed by atoms with van der Waals surface area (Å²) in [5.74, 6) is 0. The number of rotatable bonds is 6. The van der Waals surface area contributed by atoms with E-state index in [9.17, 15) is 0 Å². The Morgan fingerprint density at radius 1 is 1.29 bits per heavy atom. The first-order valence-electron chi connectivity index (χ1n) is 6.35. The molecule has 0 unspecified atom stereocenters. The minimum Gasteiger partial charge on any atom is -0.371 e. The van der Waals surface area contributed by atoms with Crippen LogP contribution < -0.4 is 4.90 Å². The quantitative estimate of drug-likeness (QED) is 0.709. The molecule has 0 saturated carbocycles. The summed E-state index contributed by atoms with van der Waals surface area (Å²) in [6.07, 6.45) is 0.515. The van der Waals surface area contributed by atoms with Crippen LogP contribution in [0.5, 0.6) is 0 Å². The second-order valence-electron chi connectivity index (χ2n) is 4.04. The first kappa shape index (κ1) is 15.5. The number of hydrogen-bond donors (Lipinski definition) is 0. The van der Waals surface area contributed by atoms with Gasteiger partial charge in [-0.05, 0) is 47.1 Å². The molecule has 0 spiro atoms. The van der Waals surface area contributed by atoms with E-state index in [1.165, 1.54) is 11.3 Å². The van der Waals surface area contributed by atoms with Crippen LogP contribution in [0.15, 0.2) is 38.4 Å². The van der Waals surface area contributed by atoms with Crippen LogP contribution in [0.4, 0.5) is 16.5 Å². The molecule has 0 amide bonds. The molecule has 0 radical (unpaired) electrons. The molecular formula is C13H13BrN6S. The predicted octanol–water partition coefficient (Wildman–Crippen LogP) is 4.46. The summed E-state index contributed by atoms with van der Waals surface area (Å²) in [5.41, 5.74) is 1.83. The standard InChI is InChI=1S/C13H13BrN6S/c1-2-20(9-3-8-15)11-6-4-10(5-7-11)16-18-13-19-17-12(14)21-13/h4-7H,2-3,9H2,1H3. The molecule has 6 nitrogen and oxygen atoms in total. The zero-order valence-electron chi connectivity index (χ0n) is 11.4. The van der Waals surface area contributed by atoms with Crippen LogP contribution in [0.1, 0.15) is 13.3 Å². The lowest BCUT2D eigenvalue weighted by Gasteiger charge is -2.21. The number of hydrogen-bond acceptors (Lipinski definition) is 7. The van der Waals surface area contributed by atoms with Crippen LogP contribution in [-0.2, 0) is 0 Å². The minimum atomic E-state index is 0.509. The van der Waals surface area contributed by atoms with Crippen LogP contribution in [0.2, 0.25) is 0 Å². The van der Waals surface area contributed by atoms with Gasteiger partial charge in [0, 0.05) is 18.8 Å². The summed E-state index contributed by atoms with van der Waals surface area (Å²) in [6.45, 7) is 3.66. The van der Waals surface area contributed by atoms with Gasteiger partial charge >= 0.3 is 0 Å².